The van der Waals surface area contributed by atoms with Crippen molar-refractivity contribution in [1.29, 1.82) is 0 Å². The van der Waals surface area contributed by atoms with E-state index in [2.05, 4.69) is 27.4 Å². The lowest BCUT2D eigenvalue weighted by Crippen LogP contribution is -2.52. The molecule has 1 aliphatic carbocycles. The molecule has 1 fully saturated rings. The van der Waals surface area contributed by atoms with Crippen LogP contribution in [0.1, 0.15) is 40.8 Å². The van der Waals surface area contributed by atoms with Crippen LogP contribution < -0.4 is 10.9 Å². The highest BCUT2D eigenvalue weighted by atomic mass is 35.5. The first-order chi connectivity index (χ1) is 16.2. The highest BCUT2D eigenvalue weighted by molar-refractivity contribution is 6.31. The molecule has 1 aromatic heterocycles. The minimum Gasteiger partial charge on any atom is -0.358 e. The summed E-state index contributed by atoms with van der Waals surface area (Å²) in [6.45, 7) is 3.48. The zero-order chi connectivity index (χ0) is 24.0. The molecule has 2 N–H and O–H groups in total. The SMILES string of the molecule is CN1CCN(NC2CC(c3ccc(C(F)(F)F)cc3)Cc3[nH]c4ccc(Cl)cc4c(=O)c32)CC1. The molecule has 5 rings (SSSR count). The van der Waals surface area contributed by atoms with Crippen LogP contribution in [0.4, 0.5) is 13.2 Å². The Labute approximate surface area is 200 Å². The van der Waals surface area contributed by atoms with E-state index < -0.39 is 11.7 Å². The van der Waals surface area contributed by atoms with Crippen molar-refractivity contribution in [3.05, 3.63) is 80.1 Å². The number of hydrogen-bond acceptors (Lipinski definition) is 4. The van der Waals surface area contributed by atoms with Gasteiger partial charge in [0.25, 0.3) is 0 Å². The number of aromatic amines is 1. The van der Waals surface area contributed by atoms with Crippen LogP contribution in [0.25, 0.3) is 10.9 Å². The van der Waals surface area contributed by atoms with Gasteiger partial charge in [0.15, 0.2) is 5.43 Å². The van der Waals surface area contributed by atoms with E-state index in [4.69, 9.17) is 11.6 Å². The highest BCUT2D eigenvalue weighted by Gasteiger charge is 2.34. The first-order valence-electron chi connectivity index (χ1n) is 11.4. The molecular weight excluding hydrogens is 465 g/mol. The van der Waals surface area contributed by atoms with Gasteiger partial charge in [-0.15, -0.1) is 0 Å². The Kier molecular flexibility index (Phi) is 6.18. The maximum Gasteiger partial charge on any atom is 0.416 e. The number of nitrogens with one attached hydrogen (secondary N) is 2. The van der Waals surface area contributed by atoms with Gasteiger partial charge < -0.3 is 9.88 Å². The number of piperazine rings is 1. The van der Waals surface area contributed by atoms with Crippen LogP contribution in [0.3, 0.4) is 0 Å². The Hall–Kier alpha value is -2.39. The summed E-state index contributed by atoms with van der Waals surface area (Å²) in [4.78, 5) is 19.2. The quantitative estimate of drug-likeness (QED) is 0.557. The number of fused-ring (bicyclic) bond motifs is 2. The molecular formula is C25H26ClF3N4O. The van der Waals surface area contributed by atoms with E-state index in [0.717, 1.165) is 49.6 Å². The predicted octanol–water partition coefficient (Wildman–Crippen LogP) is 4.72. The molecule has 9 heteroatoms. The third kappa shape index (κ3) is 4.60. The second-order valence-electron chi connectivity index (χ2n) is 9.26. The number of pyridine rings is 1. The summed E-state index contributed by atoms with van der Waals surface area (Å²) in [5.41, 5.74) is 5.91. The van der Waals surface area contributed by atoms with E-state index >= 15 is 0 Å². The molecule has 0 amide bonds. The van der Waals surface area contributed by atoms with Gasteiger partial charge in [0, 0.05) is 53.4 Å². The number of alkyl halides is 3. The lowest BCUT2D eigenvalue weighted by Gasteiger charge is -2.39. The van der Waals surface area contributed by atoms with Gasteiger partial charge in [-0.1, -0.05) is 23.7 Å². The second-order valence-corrected chi connectivity index (χ2v) is 9.70. The molecule has 2 aromatic carbocycles. The zero-order valence-electron chi connectivity index (χ0n) is 18.8. The topological polar surface area (TPSA) is 51.4 Å². The lowest BCUT2D eigenvalue weighted by atomic mass is 9.79. The first kappa shape index (κ1) is 23.4. The van der Waals surface area contributed by atoms with Crippen molar-refractivity contribution in [3.63, 3.8) is 0 Å². The molecule has 0 saturated carbocycles. The summed E-state index contributed by atoms with van der Waals surface area (Å²) < 4.78 is 39.2. The minimum absolute atomic E-state index is 0.0276. The molecule has 2 heterocycles. The normalized spacial score (nSPS) is 22.1. The largest absolute Gasteiger partial charge is 0.416 e. The van der Waals surface area contributed by atoms with E-state index in [1.165, 1.54) is 0 Å². The first-order valence-corrected chi connectivity index (χ1v) is 11.8. The molecule has 5 nitrogen and oxygen atoms in total. The average Bonchev–Trinajstić information content (AvgIpc) is 2.80. The molecule has 2 unspecified atom stereocenters. The van der Waals surface area contributed by atoms with Crippen LogP contribution in [-0.4, -0.2) is 48.1 Å². The molecule has 2 atom stereocenters. The van der Waals surface area contributed by atoms with Crippen LogP contribution >= 0.6 is 11.6 Å². The van der Waals surface area contributed by atoms with E-state index in [9.17, 15) is 18.0 Å². The molecule has 0 radical (unpaired) electrons. The summed E-state index contributed by atoms with van der Waals surface area (Å²) in [6.07, 6.45) is -3.20. The maximum absolute atomic E-state index is 13.6. The molecule has 3 aromatic rings. The number of halogens is 4. The van der Waals surface area contributed by atoms with E-state index in [1.807, 2.05) is 0 Å². The van der Waals surface area contributed by atoms with Crippen LogP contribution in [0.2, 0.25) is 5.02 Å². The van der Waals surface area contributed by atoms with E-state index in [-0.39, 0.29) is 17.4 Å². The van der Waals surface area contributed by atoms with Gasteiger partial charge in [-0.2, -0.15) is 13.2 Å². The van der Waals surface area contributed by atoms with Gasteiger partial charge >= 0.3 is 6.18 Å². The number of likely N-dealkylation sites (N-methyl/N-ethyl adjacent to an activating group) is 1. The molecule has 180 valence electrons. The van der Waals surface area contributed by atoms with Crippen molar-refractivity contribution in [2.24, 2.45) is 0 Å². The second kappa shape index (κ2) is 9.00. The van der Waals surface area contributed by atoms with E-state index in [1.54, 1.807) is 30.3 Å². The standard InChI is InChI=1S/C25H26ClF3N4O/c1-32-8-10-33(11-9-32)31-22-13-16(15-2-4-17(5-3-15)25(27,28)29)12-21-23(22)24(34)19-14-18(26)6-7-20(19)30-21/h2-7,14,16,22,31H,8-13H2,1H3,(H,30,34). The summed E-state index contributed by atoms with van der Waals surface area (Å²) in [5, 5.41) is 3.19. The molecule has 0 bridgehead atoms. The van der Waals surface area contributed by atoms with Crippen molar-refractivity contribution in [3.8, 4) is 0 Å². The maximum atomic E-state index is 13.6. The number of rotatable bonds is 3. The number of hydrogen-bond donors (Lipinski definition) is 2. The fraction of sp³-hybridized carbons (Fsp3) is 0.400. The number of hydrazine groups is 1. The number of nitrogens with zero attached hydrogens (tertiary/aromatic N) is 2. The minimum atomic E-state index is -4.37. The van der Waals surface area contributed by atoms with Crippen molar-refractivity contribution >= 4 is 22.5 Å². The Balaban J connectivity index is 1.53. The summed E-state index contributed by atoms with van der Waals surface area (Å²) in [5.74, 6) is -0.0276. The van der Waals surface area contributed by atoms with Gasteiger partial charge in [-0.25, -0.2) is 10.4 Å². The number of H-pyrrole nitrogens is 1. The molecule has 0 spiro atoms. The van der Waals surface area contributed by atoms with Gasteiger partial charge in [0.2, 0.25) is 0 Å². The summed E-state index contributed by atoms with van der Waals surface area (Å²) in [7, 11) is 2.08. The van der Waals surface area contributed by atoms with Crippen LogP contribution in [0.5, 0.6) is 0 Å². The summed E-state index contributed by atoms with van der Waals surface area (Å²) >= 11 is 6.17. The van der Waals surface area contributed by atoms with Crippen molar-refractivity contribution < 1.29 is 13.2 Å². The van der Waals surface area contributed by atoms with Crippen molar-refractivity contribution in [1.82, 2.24) is 20.3 Å². The van der Waals surface area contributed by atoms with Gasteiger partial charge in [-0.05, 0) is 61.7 Å². The predicted molar refractivity (Wildman–Crippen MR) is 127 cm³/mol. The summed E-state index contributed by atoms with van der Waals surface area (Å²) in [6, 6.07) is 10.4. The number of aromatic nitrogens is 1. The lowest BCUT2D eigenvalue weighted by molar-refractivity contribution is -0.137. The van der Waals surface area contributed by atoms with Gasteiger partial charge in [0.05, 0.1) is 11.6 Å². The zero-order valence-corrected chi connectivity index (χ0v) is 19.5. The molecule has 34 heavy (non-hydrogen) atoms. The van der Waals surface area contributed by atoms with Crippen molar-refractivity contribution in [2.75, 3.05) is 33.2 Å². The molecule has 1 saturated heterocycles. The monoisotopic (exact) mass is 490 g/mol. The number of benzene rings is 2. The van der Waals surface area contributed by atoms with Crippen LogP contribution in [-0.2, 0) is 12.6 Å². The third-order valence-corrected chi connectivity index (χ3v) is 7.19. The van der Waals surface area contributed by atoms with Crippen LogP contribution in [0.15, 0.2) is 47.3 Å². The Morgan fingerprint density at radius 2 is 1.76 bits per heavy atom. The van der Waals surface area contributed by atoms with Crippen molar-refractivity contribution in [2.45, 2.75) is 31.0 Å². The Morgan fingerprint density at radius 3 is 2.44 bits per heavy atom. The van der Waals surface area contributed by atoms with Gasteiger partial charge in [0.1, 0.15) is 0 Å². The van der Waals surface area contributed by atoms with Gasteiger partial charge in [-0.3, -0.25) is 4.79 Å². The van der Waals surface area contributed by atoms with Crippen LogP contribution in [0, 0.1) is 0 Å². The Morgan fingerprint density at radius 1 is 1.06 bits per heavy atom. The average molecular weight is 491 g/mol. The molecule has 2 aliphatic rings. The fourth-order valence-corrected chi connectivity index (χ4v) is 5.23. The smallest absolute Gasteiger partial charge is 0.358 e. The third-order valence-electron chi connectivity index (χ3n) is 6.95. The van der Waals surface area contributed by atoms with E-state index in [0.29, 0.717) is 34.3 Å². The fourth-order valence-electron chi connectivity index (χ4n) is 5.06. The molecule has 1 aliphatic heterocycles. The highest BCUT2D eigenvalue weighted by Crippen LogP contribution is 2.39. The Bertz CT molecular complexity index is 1250.